The van der Waals surface area contributed by atoms with Gasteiger partial charge < -0.3 is 4.90 Å². The maximum Gasteiger partial charge on any atom is 0.295 e. The molecule has 0 bridgehead atoms. The molecule has 1 aromatic heterocycles. The van der Waals surface area contributed by atoms with Crippen molar-refractivity contribution < 1.29 is 13.3 Å². The molecule has 2 aliphatic heterocycles. The summed E-state index contributed by atoms with van der Waals surface area (Å²) in [7, 11) is -2.89. The molecule has 8 nitrogen and oxygen atoms in total. The lowest BCUT2D eigenvalue weighted by atomic mass is 10.1. The molecule has 0 spiro atoms. The van der Waals surface area contributed by atoms with Crippen LogP contribution in [0.25, 0.3) is 11.3 Å². The van der Waals surface area contributed by atoms with Gasteiger partial charge in [0, 0.05) is 43.9 Å². The number of anilines is 1. The Morgan fingerprint density at radius 3 is 2.36 bits per heavy atom. The Morgan fingerprint density at radius 2 is 1.75 bits per heavy atom. The first kappa shape index (κ1) is 18.8. The number of nitro groups is 1. The fourth-order valence-corrected chi connectivity index (χ4v) is 5.71. The monoisotopic (exact) mass is 402 g/mol. The van der Waals surface area contributed by atoms with E-state index in [-0.39, 0.29) is 23.2 Å². The molecule has 1 atom stereocenters. The zero-order valence-electron chi connectivity index (χ0n) is 15.4. The van der Waals surface area contributed by atoms with E-state index < -0.39 is 14.8 Å². The third-order valence-electron chi connectivity index (χ3n) is 5.47. The molecule has 4 rings (SSSR count). The topological polar surface area (TPSA) is 96.6 Å². The number of nitrogens with zero attached hydrogens (tertiary/aromatic N) is 4. The molecule has 2 aliphatic rings. The van der Waals surface area contributed by atoms with Crippen LogP contribution in [0.3, 0.4) is 0 Å². The van der Waals surface area contributed by atoms with E-state index in [9.17, 15) is 18.5 Å². The van der Waals surface area contributed by atoms with Gasteiger partial charge in [0.1, 0.15) is 5.82 Å². The van der Waals surface area contributed by atoms with Crippen molar-refractivity contribution in [2.24, 2.45) is 0 Å². The quantitative estimate of drug-likeness (QED) is 0.570. The second-order valence-electron chi connectivity index (χ2n) is 7.24. The van der Waals surface area contributed by atoms with Crippen LogP contribution in [-0.4, -0.2) is 67.0 Å². The molecular formula is C19H22N4O4S. The number of hydrogen-bond donors (Lipinski definition) is 0. The molecule has 2 fully saturated rings. The lowest BCUT2D eigenvalue weighted by Gasteiger charge is -2.38. The molecule has 3 heterocycles. The summed E-state index contributed by atoms with van der Waals surface area (Å²) < 4.78 is 23.5. The van der Waals surface area contributed by atoms with E-state index in [1.807, 2.05) is 30.3 Å². The Balaban J connectivity index is 1.52. The fraction of sp³-hybridized carbons (Fsp3) is 0.421. The van der Waals surface area contributed by atoms with E-state index in [1.54, 1.807) is 6.07 Å². The van der Waals surface area contributed by atoms with E-state index in [0.717, 1.165) is 26.2 Å². The predicted molar refractivity (Wildman–Crippen MR) is 107 cm³/mol. The van der Waals surface area contributed by atoms with Crippen molar-refractivity contribution in [2.75, 3.05) is 42.6 Å². The van der Waals surface area contributed by atoms with Crippen molar-refractivity contribution in [1.82, 2.24) is 9.88 Å². The van der Waals surface area contributed by atoms with Gasteiger partial charge in [-0.3, -0.25) is 15.0 Å². The Labute approximate surface area is 163 Å². The van der Waals surface area contributed by atoms with Gasteiger partial charge in [-0.1, -0.05) is 30.3 Å². The third kappa shape index (κ3) is 3.85. The van der Waals surface area contributed by atoms with E-state index in [1.165, 1.54) is 6.07 Å². The summed E-state index contributed by atoms with van der Waals surface area (Å²) in [6, 6.07) is 12.5. The summed E-state index contributed by atoms with van der Waals surface area (Å²) in [5, 5.41) is 11.4. The van der Waals surface area contributed by atoms with Crippen molar-refractivity contribution in [3.8, 4) is 11.3 Å². The predicted octanol–water partition coefficient (Wildman–Crippen LogP) is 1.97. The second kappa shape index (κ2) is 7.48. The summed E-state index contributed by atoms with van der Waals surface area (Å²) in [6.07, 6.45) is 0.705. The molecule has 0 radical (unpaired) electrons. The smallest absolute Gasteiger partial charge is 0.295 e. The maximum atomic E-state index is 11.7. The largest absolute Gasteiger partial charge is 0.354 e. The minimum atomic E-state index is -2.89. The second-order valence-corrected chi connectivity index (χ2v) is 9.47. The molecule has 2 saturated heterocycles. The first-order valence-corrected chi connectivity index (χ1v) is 11.2. The van der Waals surface area contributed by atoms with E-state index in [2.05, 4.69) is 14.8 Å². The molecule has 0 saturated carbocycles. The highest BCUT2D eigenvalue weighted by Gasteiger charge is 2.34. The molecule has 0 aliphatic carbocycles. The first-order chi connectivity index (χ1) is 13.4. The molecular weight excluding hydrogens is 380 g/mol. The van der Waals surface area contributed by atoms with Gasteiger partial charge in [0.15, 0.2) is 15.5 Å². The Hall–Kier alpha value is -2.52. The van der Waals surface area contributed by atoms with Crippen LogP contribution in [0.2, 0.25) is 0 Å². The van der Waals surface area contributed by atoms with Crippen LogP contribution in [-0.2, 0) is 9.84 Å². The Bertz CT molecular complexity index is 973. The van der Waals surface area contributed by atoms with Crippen molar-refractivity contribution in [2.45, 2.75) is 12.5 Å². The summed E-state index contributed by atoms with van der Waals surface area (Å²) in [5.41, 5.74) is 1.07. The molecule has 1 unspecified atom stereocenters. The number of pyridine rings is 1. The Kier molecular flexibility index (Phi) is 5.03. The van der Waals surface area contributed by atoms with Crippen LogP contribution < -0.4 is 4.90 Å². The minimum absolute atomic E-state index is 0.00949. The molecule has 148 valence electrons. The van der Waals surface area contributed by atoms with Crippen LogP contribution in [0.5, 0.6) is 0 Å². The average molecular weight is 402 g/mol. The van der Waals surface area contributed by atoms with E-state index in [4.69, 9.17) is 0 Å². The molecule has 0 N–H and O–H groups in total. The fourth-order valence-electron chi connectivity index (χ4n) is 3.95. The SMILES string of the molecule is O=[N+]([O-])c1ccc(N2CCN(C3CCS(=O)(=O)C3)CC2)nc1-c1ccccc1. The van der Waals surface area contributed by atoms with Gasteiger partial charge in [0.25, 0.3) is 5.69 Å². The van der Waals surface area contributed by atoms with Crippen LogP contribution in [0, 0.1) is 10.1 Å². The van der Waals surface area contributed by atoms with Gasteiger partial charge in [0.05, 0.1) is 16.4 Å². The summed E-state index contributed by atoms with van der Waals surface area (Å²) in [4.78, 5) is 20.0. The summed E-state index contributed by atoms with van der Waals surface area (Å²) in [5.74, 6) is 1.24. The number of piperazine rings is 1. The average Bonchev–Trinajstić information content (AvgIpc) is 3.08. The third-order valence-corrected chi connectivity index (χ3v) is 7.22. The summed E-state index contributed by atoms with van der Waals surface area (Å²) >= 11 is 0. The normalized spacial score (nSPS) is 22.3. The number of sulfone groups is 1. The van der Waals surface area contributed by atoms with Gasteiger partial charge in [0.2, 0.25) is 0 Å². The standard InChI is InChI=1S/C19H22N4O4S/c24-23(25)17-6-7-18(20-19(17)15-4-2-1-3-5-15)22-11-9-21(10-12-22)16-8-13-28(26,27)14-16/h1-7,16H,8-14H2. The zero-order valence-corrected chi connectivity index (χ0v) is 16.2. The molecule has 9 heteroatoms. The van der Waals surface area contributed by atoms with Gasteiger partial charge in [-0.2, -0.15) is 0 Å². The highest BCUT2D eigenvalue weighted by Crippen LogP contribution is 2.31. The highest BCUT2D eigenvalue weighted by molar-refractivity contribution is 7.91. The Morgan fingerprint density at radius 1 is 1.04 bits per heavy atom. The van der Waals surface area contributed by atoms with Crippen molar-refractivity contribution in [3.05, 3.63) is 52.6 Å². The molecule has 2 aromatic rings. The summed E-state index contributed by atoms with van der Waals surface area (Å²) in [6.45, 7) is 2.96. The zero-order chi connectivity index (χ0) is 19.7. The van der Waals surface area contributed by atoms with Crippen molar-refractivity contribution >= 4 is 21.3 Å². The van der Waals surface area contributed by atoms with Gasteiger partial charge >= 0.3 is 0 Å². The molecule has 0 amide bonds. The number of aromatic nitrogens is 1. The number of benzene rings is 1. The lowest BCUT2D eigenvalue weighted by Crippen LogP contribution is -2.51. The molecule has 28 heavy (non-hydrogen) atoms. The minimum Gasteiger partial charge on any atom is -0.354 e. The number of hydrogen-bond acceptors (Lipinski definition) is 7. The van der Waals surface area contributed by atoms with E-state index >= 15 is 0 Å². The van der Waals surface area contributed by atoms with Crippen LogP contribution in [0.15, 0.2) is 42.5 Å². The number of rotatable bonds is 4. The maximum absolute atomic E-state index is 11.7. The highest BCUT2D eigenvalue weighted by atomic mass is 32.2. The van der Waals surface area contributed by atoms with Crippen molar-refractivity contribution in [3.63, 3.8) is 0 Å². The first-order valence-electron chi connectivity index (χ1n) is 9.33. The van der Waals surface area contributed by atoms with Crippen LogP contribution in [0.1, 0.15) is 6.42 Å². The van der Waals surface area contributed by atoms with Crippen molar-refractivity contribution in [1.29, 1.82) is 0 Å². The lowest BCUT2D eigenvalue weighted by molar-refractivity contribution is -0.384. The van der Waals surface area contributed by atoms with Gasteiger partial charge in [-0.05, 0) is 12.5 Å². The molecule has 1 aromatic carbocycles. The van der Waals surface area contributed by atoms with Gasteiger partial charge in [-0.15, -0.1) is 0 Å². The van der Waals surface area contributed by atoms with Crippen LogP contribution in [0.4, 0.5) is 11.5 Å². The van der Waals surface area contributed by atoms with E-state index in [0.29, 0.717) is 23.5 Å². The van der Waals surface area contributed by atoms with Crippen LogP contribution >= 0.6 is 0 Å². The van der Waals surface area contributed by atoms with Gasteiger partial charge in [-0.25, -0.2) is 13.4 Å².